The Kier molecular flexibility index (Phi) is 5.48. The molecule has 0 fully saturated rings. The van der Waals surface area contributed by atoms with Crippen molar-refractivity contribution in [3.8, 4) is 0 Å². The molecular formula is C16H17N3O3. The summed E-state index contributed by atoms with van der Waals surface area (Å²) in [4.78, 5) is 23.3. The molecule has 0 atom stereocenters. The molecule has 0 saturated carbocycles. The van der Waals surface area contributed by atoms with Crippen LogP contribution in [0.1, 0.15) is 29.5 Å². The van der Waals surface area contributed by atoms with Crippen molar-refractivity contribution in [2.45, 2.75) is 13.3 Å². The van der Waals surface area contributed by atoms with E-state index in [4.69, 9.17) is 4.42 Å². The molecule has 0 aliphatic heterocycles. The van der Waals surface area contributed by atoms with E-state index in [0.717, 1.165) is 11.3 Å². The van der Waals surface area contributed by atoms with Gasteiger partial charge in [0.1, 0.15) is 0 Å². The average Bonchev–Trinajstić information content (AvgIpc) is 3.09. The Labute approximate surface area is 128 Å². The third-order valence-electron chi connectivity index (χ3n) is 2.91. The molecule has 0 radical (unpaired) electrons. The first kappa shape index (κ1) is 15.5. The lowest BCUT2D eigenvalue weighted by molar-refractivity contribution is -0.120. The first-order chi connectivity index (χ1) is 10.7. The Morgan fingerprint density at radius 3 is 2.55 bits per heavy atom. The van der Waals surface area contributed by atoms with Gasteiger partial charge in [-0.1, -0.05) is 37.3 Å². The van der Waals surface area contributed by atoms with Crippen molar-refractivity contribution in [1.29, 1.82) is 0 Å². The van der Waals surface area contributed by atoms with Crippen LogP contribution in [0.3, 0.4) is 0 Å². The monoisotopic (exact) mass is 299 g/mol. The summed E-state index contributed by atoms with van der Waals surface area (Å²) in [5.41, 5.74) is 4.16. The van der Waals surface area contributed by atoms with E-state index in [0.29, 0.717) is 6.42 Å². The van der Waals surface area contributed by atoms with E-state index in [1.54, 1.807) is 6.07 Å². The number of nitrogens with one attached hydrogen (secondary N) is 2. The number of hydrogen-bond donors (Lipinski definition) is 2. The van der Waals surface area contributed by atoms with Gasteiger partial charge in [-0.25, -0.2) is 5.43 Å². The van der Waals surface area contributed by atoms with E-state index in [2.05, 4.69) is 15.8 Å². The van der Waals surface area contributed by atoms with Crippen molar-refractivity contribution in [3.05, 3.63) is 60.1 Å². The lowest BCUT2D eigenvalue weighted by atomic mass is 10.1. The number of furan rings is 1. The van der Waals surface area contributed by atoms with Gasteiger partial charge in [0.05, 0.1) is 18.5 Å². The van der Waals surface area contributed by atoms with Gasteiger partial charge in [0.2, 0.25) is 0 Å². The highest BCUT2D eigenvalue weighted by atomic mass is 16.3. The second-order valence-corrected chi connectivity index (χ2v) is 4.47. The minimum atomic E-state index is -0.442. The second-order valence-electron chi connectivity index (χ2n) is 4.47. The van der Waals surface area contributed by atoms with E-state index in [-0.39, 0.29) is 12.3 Å². The molecule has 0 aliphatic carbocycles. The summed E-state index contributed by atoms with van der Waals surface area (Å²) >= 11 is 0. The Morgan fingerprint density at radius 2 is 1.91 bits per heavy atom. The molecule has 0 bridgehead atoms. The molecule has 0 saturated heterocycles. The number of carbonyl (C=O) groups is 2. The van der Waals surface area contributed by atoms with Crippen LogP contribution in [-0.4, -0.2) is 24.1 Å². The van der Waals surface area contributed by atoms with Gasteiger partial charge in [-0.3, -0.25) is 9.59 Å². The normalized spacial score (nSPS) is 11.0. The van der Waals surface area contributed by atoms with Crippen LogP contribution in [0.4, 0.5) is 0 Å². The molecular weight excluding hydrogens is 282 g/mol. The van der Waals surface area contributed by atoms with Gasteiger partial charge in [0.15, 0.2) is 5.76 Å². The maximum Gasteiger partial charge on any atom is 0.287 e. The van der Waals surface area contributed by atoms with Crippen LogP contribution in [0, 0.1) is 0 Å². The molecule has 0 aliphatic rings. The first-order valence-corrected chi connectivity index (χ1v) is 6.93. The van der Waals surface area contributed by atoms with Gasteiger partial charge in [0.25, 0.3) is 11.8 Å². The summed E-state index contributed by atoms with van der Waals surface area (Å²) in [6.07, 6.45) is 2.08. The fourth-order valence-electron chi connectivity index (χ4n) is 1.80. The zero-order valence-electron chi connectivity index (χ0n) is 12.2. The highest BCUT2D eigenvalue weighted by Gasteiger charge is 2.10. The number of rotatable bonds is 6. The lowest BCUT2D eigenvalue weighted by Gasteiger charge is -2.05. The van der Waals surface area contributed by atoms with E-state index in [1.807, 2.05) is 37.3 Å². The maximum atomic E-state index is 11.7. The fourth-order valence-corrected chi connectivity index (χ4v) is 1.80. The number of hydrazone groups is 1. The molecule has 6 nitrogen and oxygen atoms in total. The Morgan fingerprint density at radius 1 is 1.14 bits per heavy atom. The highest BCUT2D eigenvalue weighted by molar-refractivity contribution is 6.01. The Balaban J connectivity index is 1.86. The summed E-state index contributed by atoms with van der Waals surface area (Å²) in [5.74, 6) is -0.681. The van der Waals surface area contributed by atoms with Crippen LogP contribution in [0.5, 0.6) is 0 Å². The average molecular weight is 299 g/mol. The van der Waals surface area contributed by atoms with Crippen molar-refractivity contribution in [3.63, 3.8) is 0 Å². The topological polar surface area (TPSA) is 83.7 Å². The number of carbonyl (C=O) groups excluding carboxylic acids is 2. The smallest absolute Gasteiger partial charge is 0.287 e. The summed E-state index contributed by atoms with van der Waals surface area (Å²) in [6, 6.07) is 12.7. The SMILES string of the molecule is CC/C(=N\NC(=O)CNC(=O)c1ccco1)c1ccccc1. The predicted molar refractivity (Wildman–Crippen MR) is 82.5 cm³/mol. The molecule has 22 heavy (non-hydrogen) atoms. The summed E-state index contributed by atoms with van der Waals surface area (Å²) in [5, 5.41) is 6.55. The van der Waals surface area contributed by atoms with Crippen molar-refractivity contribution in [1.82, 2.24) is 10.7 Å². The van der Waals surface area contributed by atoms with Crippen molar-refractivity contribution < 1.29 is 14.0 Å². The molecule has 114 valence electrons. The number of benzene rings is 1. The molecule has 2 N–H and O–H groups in total. The van der Waals surface area contributed by atoms with Gasteiger partial charge in [-0.05, 0) is 24.1 Å². The summed E-state index contributed by atoms with van der Waals surface area (Å²) in [7, 11) is 0. The fraction of sp³-hybridized carbons (Fsp3) is 0.188. The molecule has 1 heterocycles. The maximum absolute atomic E-state index is 11.7. The van der Waals surface area contributed by atoms with Gasteiger partial charge in [0, 0.05) is 0 Å². The van der Waals surface area contributed by atoms with Crippen molar-refractivity contribution in [2.24, 2.45) is 5.10 Å². The third-order valence-corrected chi connectivity index (χ3v) is 2.91. The van der Waals surface area contributed by atoms with E-state index in [1.165, 1.54) is 12.3 Å². The number of hydrogen-bond acceptors (Lipinski definition) is 4. The molecule has 1 aromatic heterocycles. The van der Waals surface area contributed by atoms with E-state index in [9.17, 15) is 9.59 Å². The zero-order valence-corrected chi connectivity index (χ0v) is 12.2. The molecule has 6 heteroatoms. The largest absolute Gasteiger partial charge is 0.459 e. The van der Waals surface area contributed by atoms with E-state index >= 15 is 0 Å². The zero-order chi connectivity index (χ0) is 15.8. The Hall–Kier alpha value is -2.89. The summed E-state index contributed by atoms with van der Waals surface area (Å²) < 4.78 is 4.93. The Bertz CT molecular complexity index is 649. The van der Waals surface area contributed by atoms with Crippen molar-refractivity contribution in [2.75, 3.05) is 6.54 Å². The van der Waals surface area contributed by atoms with Gasteiger partial charge < -0.3 is 9.73 Å². The quantitative estimate of drug-likeness (QED) is 0.631. The molecule has 0 spiro atoms. The van der Waals surface area contributed by atoms with Crippen LogP contribution in [0.25, 0.3) is 0 Å². The molecule has 2 rings (SSSR count). The standard InChI is InChI=1S/C16H17N3O3/c1-2-13(12-7-4-3-5-8-12)18-19-15(20)11-17-16(21)14-9-6-10-22-14/h3-10H,2,11H2,1H3,(H,17,21)(H,19,20)/b18-13+. The van der Waals surface area contributed by atoms with Crippen molar-refractivity contribution >= 4 is 17.5 Å². The number of nitrogens with zero attached hydrogens (tertiary/aromatic N) is 1. The third kappa shape index (κ3) is 4.31. The van der Waals surface area contributed by atoms with Gasteiger partial charge in [-0.15, -0.1) is 0 Å². The van der Waals surface area contributed by atoms with Gasteiger partial charge >= 0.3 is 0 Å². The van der Waals surface area contributed by atoms with Gasteiger partial charge in [-0.2, -0.15) is 5.10 Å². The van der Waals surface area contributed by atoms with Crippen LogP contribution in [-0.2, 0) is 4.79 Å². The summed E-state index contributed by atoms with van der Waals surface area (Å²) in [6.45, 7) is 1.78. The lowest BCUT2D eigenvalue weighted by Crippen LogP contribution is -2.35. The second kappa shape index (κ2) is 7.78. The highest BCUT2D eigenvalue weighted by Crippen LogP contribution is 2.03. The molecule has 0 unspecified atom stereocenters. The first-order valence-electron chi connectivity index (χ1n) is 6.93. The molecule has 2 aromatic rings. The number of amides is 2. The van der Waals surface area contributed by atoms with Crippen LogP contribution in [0.2, 0.25) is 0 Å². The molecule has 2 amide bonds. The van der Waals surface area contributed by atoms with Crippen LogP contribution < -0.4 is 10.7 Å². The minimum Gasteiger partial charge on any atom is -0.459 e. The minimum absolute atomic E-state index is 0.162. The van der Waals surface area contributed by atoms with Crippen LogP contribution in [0.15, 0.2) is 58.2 Å². The predicted octanol–water partition coefficient (Wildman–Crippen LogP) is 1.94. The van der Waals surface area contributed by atoms with E-state index < -0.39 is 11.8 Å². The molecule has 1 aromatic carbocycles. The van der Waals surface area contributed by atoms with Crippen LogP contribution >= 0.6 is 0 Å².